The molecule has 4 nitrogen and oxygen atoms in total. The van der Waals surface area contributed by atoms with E-state index in [2.05, 4.69) is 55.7 Å². The fourth-order valence-corrected chi connectivity index (χ4v) is 2.49. The van der Waals surface area contributed by atoms with Crippen molar-refractivity contribution in [2.75, 3.05) is 31.3 Å². The summed E-state index contributed by atoms with van der Waals surface area (Å²) in [5.74, 6) is -0.00959. The quantitative estimate of drug-likeness (QED) is 0.833. The smallest absolute Gasteiger partial charge is 0.238 e. The number of likely N-dealkylation sites (N-methyl/N-ethyl adjacent to an activating group) is 1. The van der Waals surface area contributed by atoms with Gasteiger partial charge in [-0.05, 0) is 54.9 Å². The van der Waals surface area contributed by atoms with Crippen molar-refractivity contribution in [2.24, 2.45) is 0 Å². The van der Waals surface area contributed by atoms with Crippen LogP contribution in [0.3, 0.4) is 0 Å². The molecule has 2 N–H and O–H groups in total. The van der Waals surface area contributed by atoms with Crippen LogP contribution in [-0.2, 0) is 16.8 Å². The first-order chi connectivity index (χ1) is 11.7. The maximum Gasteiger partial charge on any atom is 0.238 e. The summed E-state index contributed by atoms with van der Waals surface area (Å²) in [4.78, 5) is 13.6. The number of benzene rings is 2. The van der Waals surface area contributed by atoms with Gasteiger partial charge < -0.3 is 15.5 Å². The van der Waals surface area contributed by atoms with E-state index >= 15 is 0 Å². The maximum atomic E-state index is 11.7. The van der Waals surface area contributed by atoms with Crippen LogP contribution in [0, 0.1) is 0 Å². The van der Waals surface area contributed by atoms with Gasteiger partial charge in [-0.2, -0.15) is 0 Å². The third kappa shape index (κ3) is 6.24. The lowest BCUT2D eigenvalue weighted by Gasteiger charge is -2.19. The number of nitrogens with one attached hydrogen (secondary N) is 2. The van der Waals surface area contributed by atoms with Crippen molar-refractivity contribution in [1.29, 1.82) is 0 Å². The summed E-state index contributed by atoms with van der Waals surface area (Å²) in [6.45, 7) is 7.82. The van der Waals surface area contributed by atoms with Gasteiger partial charge in [0.05, 0.1) is 6.54 Å². The Kier molecular flexibility index (Phi) is 6.21. The molecule has 134 valence electrons. The molecule has 2 aromatic rings. The molecule has 0 fully saturated rings. The topological polar surface area (TPSA) is 44.4 Å². The number of hydrogen-bond acceptors (Lipinski definition) is 3. The molecule has 25 heavy (non-hydrogen) atoms. The van der Waals surface area contributed by atoms with E-state index in [-0.39, 0.29) is 11.3 Å². The molecule has 0 aromatic heterocycles. The minimum atomic E-state index is -0.00959. The highest BCUT2D eigenvalue weighted by Gasteiger charge is 2.12. The summed E-state index contributed by atoms with van der Waals surface area (Å²) in [5, 5.41) is 6.30. The van der Waals surface area contributed by atoms with Crippen LogP contribution >= 0.6 is 0 Å². The number of carbonyl (C=O) groups is 1. The molecule has 0 radical (unpaired) electrons. The van der Waals surface area contributed by atoms with E-state index in [9.17, 15) is 4.79 Å². The molecule has 2 rings (SSSR count). The summed E-state index contributed by atoms with van der Waals surface area (Å²) in [6, 6.07) is 16.5. The Bertz CT molecular complexity index is 683. The van der Waals surface area contributed by atoms with Crippen molar-refractivity contribution in [1.82, 2.24) is 4.90 Å². The van der Waals surface area contributed by atoms with E-state index in [4.69, 9.17) is 0 Å². The van der Waals surface area contributed by atoms with Crippen molar-refractivity contribution in [3.05, 3.63) is 59.7 Å². The van der Waals surface area contributed by atoms with Crippen molar-refractivity contribution < 1.29 is 4.79 Å². The maximum absolute atomic E-state index is 11.7. The van der Waals surface area contributed by atoms with Crippen LogP contribution < -0.4 is 10.6 Å². The molecule has 0 saturated carbocycles. The number of nitrogens with zero attached hydrogens (tertiary/aromatic N) is 1. The molecule has 0 saturated heterocycles. The second-order valence-corrected chi connectivity index (χ2v) is 7.66. The highest BCUT2D eigenvalue weighted by atomic mass is 16.2. The number of rotatable bonds is 6. The monoisotopic (exact) mass is 339 g/mol. The Morgan fingerprint density at radius 3 is 2.00 bits per heavy atom. The minimum absolute atomic E-state index is 0.00959. The Morgan fingerprint density at radius 1 is 0.920 bits per heavy atom. The van der Waals surface area contributed by atoms with Gasteiger partial charge >= 0.3 is 0 Å². The van der Waals surface area contributed by atoms with Gasteiger partial charge in [0, 0.05) is 17.9 Å². The number of amides is 1. The minimum Gasteiger partial charge on any atom is -0.381 e. The first kappa shape index (κ1) is 19.0. The van der Waals surface area contributed by atoms with Gasteiger partial charge in [-0.3, -0.25) is 4.79 Å². The van der Waals surface area contributed by atoms with Crippen LogP contribution in [0.2, 0.25) is 0 Å². The molecule has 2 aromatic carbocycles. The van der Waals surface area contributed by atoms with Gasteiger partial charge in [0.2, 0.25) is 5.91 Å². The van der Waals surface area contributed by atoms with Crippen LogP contribution in [0.5, 0.6) is 0 Å². The normalized spacial score (nSPS) is 11.4. The van der Waals surface area contributed by atoms with Gasteiger partial charge in [-0.25, -0.2) is 0 Å². The Hall–Kier alpha value is -2.33. The second kappa shape index (κ2) is 8.17. The molecule has 0 atom stereocenters. The molecule has 0 bridgehead atoms. The lowest BCUT2D eigenvalue weighted by atomic mass is 9.87. The number of anilines is 2. The second-order valence-electron chi connectivity index (χ2n) is 7.66. The first-order valence-electron chi connectivity index (χ1n) is 8.62. The molecule has 0 spiro atoms. The summed E-state index contributed by atoms with van der Waals surface area (Å²) < 4.78 is 0. The molecule has 0 aliphatic heterocycles. The van der Waals surface area contributed by atoms with Crippen molar-refractivity contribution in [2.45, 2.75) is 32.7 Å². The lowest BCUT2D eigenvalue weighted by Crippen LogP contribution is -2.27. The van der Waals surface area contributed by atoms with Gasteiger partial charge in [0.1, 0.15) is 0 Å². The molecular weight excluding hydrogens is 310 g/mol. The summed E-state index contributed by atoms with van der Waals surface area (Å²) in [7, 11) is 3.75. The van der Waals surface area contributed by atoms with Gasteiger partial charge in [0.15, 0.2) is 0 Å². The van der Waals surface area contributed by atoms with Crippen LogP contribution in [0.25, 0.3) is 0 Å². The van der Waals surface area contributed by atoms with Crippen LogP contribution in [-0.4, -0.2) is 31.4 Å². The SMILES string of the molecule is CN(C)CC(=O)Nc1ccc(NCc2ccc(C(C)(C)C)cc2)cc1. The van der Waals surface area contributed by atoms with Crippen LogP contribution in [0.15, 0.2) is 48.5 Å². The largest absolute Gasteiger partial charge is 0.381 e. The predicted molar refractivity (Wildman–Crippen MR) is 106 cm³/mol. The lowest BCUT2D eigenvalue weighted by molar-refractivity contribution is -0.116. The molecule has 0 aliphatic carbocycles. The van der Waals surface area contributed by atoms with Gasteiger partial charge in [0.25, 0.3) is 0 Å². The highest BCUT2D eigenvalue weighted by Crippen LogP contribution is 2.22. The van der Waals surface area contributed by atoms with Crippen molar-refractivity contribution in [3.8, 4) is 0 Å². The summed E-state index contributed by atoms with van der Waals surface area (Å²) in [6.07, 6.45) is 0. The van der Waals surface area contributed by atoms with E-state index in [0.717, 1.165) is 17.9 Å². The van der Waals surface area contributed by atoms with E-state index in [0.29, 0.717) is 6.54 Å². The highest BCUT2D eigenvalue weighted by molar-refractivity contribution is 5.92. The zero-order chi connectivity index (χ0) is 18.4. The van der Waals surface area contributed by atoms with Crippen LogP contribution in [0.1, 0.15) is 31.9 Å². The zero-order valence-corrected chi connectivity index (χ0v) is 15.9. The molecule has 0 aliphatic rings. The predicted octanol–water partition coefficient (Wildman–Crippen LogP) is 4.10. The third-order valence-corrected chi connectivity index (χ3v) is 3.95. The summed E-state index contributed by atoms with van der Waals surface area (Å²) >= 11 is 0. The van der Waals surface area contributed by atoms with Crippen molar-refractivity contribution in [3.63, 3.8) is 0 Å². The molecule has 0 unspecified atom stereocenters. The van der Waals surface area contributed by atoms with E-state index in [1.165, 1.54) is 11.1 Å². The molecule has 0 heterocycles. The van der Waals surface area contributed by atoms with Crippen LogP contribution in [0.4, 0.5) is 11.4 Å². The Labute approximate surface area is 151 Å². The molecule has 4 heteroatoms. The van der Waals surface area contributed by atoms with Crippen molar-refractivity contribution >= 4 is 17.3 Å². The molecule has 1 amide bonds. The van der Waals surface area contributed by atoms with Gasteiger partial charge in [-0.15, -0.1) is 0 Å². The average Bonchev–Trinajstić information content (AvgIpc) is 2.53. The number of hydrogen-bond donors (Lipinski definition) is 2. The Morgan fingerprint density at radius 2 is 1.48 bits per heavy atom. The number of carbonyl (C=O) groups excluding carboxylic acids is 1. The first-order valence-corrected chi connectivity index (χ1v) is 8.62. The fraction of sp³-hybridized carbons (Fsp3) is 0.381. The fourth-order valence-electron chi connectivity index (χ4n) is 2.49. The Balaban J connectivity index is 1.88. The zero-order valence-electron chi connectivity index (χ0n) is 15.9. The van der Waals surface area contributed by atoms with E-state index in [1.807, 2.05) is 43.3 Å². The standard InChI is InChI=1S/C21H29N3O/c1-21(2,3)17-8-6-16(7-9-17)14-22-18-10-12-19(13-11-18)23-20(25)15-24(4)5/h6-13,22H,14-15H2,1-5H3,(H,23,25). The van der Waals surface area contributed by atoms with Gasteiger partial charge in [-0.1, -0.05) is 45.0 Å². The van der Waals surface area contributed by atoms with E-state index in [1.54, 1.807) is 0 Å². The average molecular weight is 339 g/mol. The molecular formula is C21H29N3O. The summed E-state index contributed by atoms with van der Waals surface area (Å²) in [5.41, 5.74) is 4.61. The van der Waals surface area contributed by atoms with E-state index < -0.39 is 0 Å². The third-order valence-electron chi connectivity index (χ3n) is 3.95.